The second-order valence-electron chi connectivity index (χ2n) is 3.28. The van der Waals surface area contributed by atoms with E-state index in [1.54, 1.807) is 12.1 Å². The van der Waals surface area contributed by atoms with Crippen LogP contribution < -0.4 is 5.32 Å². The normalized spacial score (nSPS) is 22.9. The summed E-state index contributed by atoms with van der Waals surface area (Å²) in [6.07, 6.45) is 2.87. The molecule has 6 heteroatoms. The Labute approximate surface area is 86.8 Å². The van der Waals surface area contributed by atoms with E-state index >= 15 is 0 Å². The van der Waals surface area contributed by atoms with Crippen molar-refractivity contribution in [1.82, 2.24) is 4.98 Å². The van der Waals surface area contributed by atoms with Gasteiger partial charge in [0.2, 0.25) is 5.95 Å². The van der Waals surface area contributed by atoms with Gasteiger partial charge in [0.25, 0.3) is 0 Å². The zero-order valence-corrected chi connectivity index (χ0v) is 8.54. The molecule has 1 atom stereocenters. The van der Waals surface area contributed by atoms with Crippen LogP contribution in [0.4, 0.5) is 10.1 Å². The third-order valence-corrected chi connectivity index (χ3v) is 3.40. The molecule has 0 radical (unpaired) electrons. The summed E-state index contributed by atoms with van der Waals surface area (Å²) < 4.78 is 34.9. The zero-order valence-electron chi connectivity index (χ0n) is 7.72. The van der Waals surface area contributed by atoms with Crippen LogP contribution >= 0.6 is 0 Å². The van der Waals surface area contributed by atoms with E-state index in [4.69, 9.17) is 0 Å². The standard InChI is InChI=1S/C9H9FN2O2S/c10-9-5-7(1-3-11-9)12-8-2-4-15(13,14)6-8/h1-5,8H,6H2,(H,11,12). The highest BCUT2D eigenvalue weighted by molar-refractivity contribution is 7.94. The average molecular weight is 228 g/mol. The summed E-state index contributed by atoms with van der Waals surface area (Å²) in [5.41, 5.74) is 0.522. The first-order valence-corrected chi connectivity index (χ1v) is 6.06. The first-order valence-electron chi connectivity index (χ1n) is 4.34. The van der Waals surface area contributed by atoms with Gasteiger partial charge in [-0.1, -0.05) is 6.08 Å². The van der Waals surface area contributed by atoms with Gasteiger partial charge in [0.05, 0.1) is 11.8 Å². The fraction of sp³-hybridized carbons (Fsp3) is 0.222. The number of anilines is 1. The van der Waals surface area contributed by atoms with E-state index in [2.05, 4.69) is 10.3 Å². The van der Waals surface area contributed by atoms with E-state index < -0.39 is 15.8 Å². The lowest BCUT2D eigenvalue weighted by molar-refractivity contribution is 0.584. The molecule has 0 saturated heterocycles. The first kappa shape index (κ1) is 10.1. The van der Waals surface area contributed by atoms with Crippen molar-refractivity contribution in [3.63, 3.8) is 0 Å². The van der Waals surface area contributed by atoms with Gasteiger partial charge in [-0.05, 0) is 6.07 Å². The number of pyridine rings is 1. The zero-order chi connectivity index (χ0) is 10.9. The van der Waals surface area contributed by atoms with Crippen molar-refractivity contribution in [1.29, 1.82) is 0 Å². The van der Waals surface area contributed by atoms with Gasteiger partial charge in [0.15, 0.2) is 9.84 Å². The van der Waals surface area contributed by atoms with Crippen LogP contribution in [0.5, 0.6) is 0 Å². The molecule has 0 aliphatic carbocycles. The van der Waals surface area contributed by atoms with Crippen molar-refractivity contribution in [2.45, 2.75) is 6.04 Å². The van der Waals surface area contributed by atoms with Crippen LogP contribution in [0, 0.1) is 5.95 Å². The van der Waals surface area contributed by atoms with E-state index in [0.29, 0.717) is 5.69 Å². The molecule has 1 aliphatic heterocycles. The maximum atomic E-state index is 12.7. The van der Waals surface area contributed by atoms with E-state index in [0.717, 1.165) is 0 Å². The van der Waals surface area contributed by atoms with Crippen molar-refractivity contribution in [2.24, 2.45) is 0 Å². The molecule has 80 valence electrons. The topological polar surface area (TPSA) is 59.1 Å². The van der Waals surface area contributed by atoms with Crippen LogP contribution in [0.2, 0.25) is 0 Å². The molecule has 15 heavy (non-hydrogen) atoms. The minimum atomic E-state index is -3.08. The molecule has 0 amide bonds. The van der Waals surface area contributed by atoms with Crippen LogP contribution in [0.15, 0.2) is 29.8 Å². The van der Waals surface area contributed by atoms with Crippen LogP contribution in [0.1, 0.15) is 0 Å². The fourth-order valence-electron chi connectivity index (χ4n) is 1.37. The Morgan fingerprint density at radius 2 is 2.33 bits per heavy atom. The highest BCUT2D eigenvalue weighted by Crippen LogP contribution is 2.14. The Kier molecular flexibility index (Phi) is 2.44. The molecular formula is C9H9FN2O2S. The summed E-state index contributed by atoms with van der Waals surface area (Å²) in [5.74, 6) is -0.582. The number of nitrogens with one attached hydrogen (secondary N) is 1. The molecule has 2 rings (SSSR count). The third kappa shape index (κ3) is 2.53. The predicted octanol–water partition coefficient (Wildman–Crippen LogP) is 0.943. The molecule has 0 fully saturated rings. The monoisotopic (exact) mass is 228 g/mol. The molecule has 1 unspecified atom stereocenters. The second-order valence-corrected chi connectivity index (χ2v) is 5.21. The van der Waals surface area contributed by atoms with Gasteiger partial charge in [-0.2, -0.15) is 4.39 Å². The molecule has 1 aromatic rings. The van der Waals surface area contributed by atoms with Crippen molar-refractivity contribution in [3.8, 4) is 0 Å². The van der Waals surface area contributed by atoms with Gasteiger partial charge in [0, 0.05) is 23.4 Å². The van der Waals surface area contributed by atoms with Crippen LogP contribution in [0.25, 0.3) is 0 Å². The number of hydrogen-bond donors (Lipinski definition) is 1. The summed E-state index contributed by atoms with van der Waals surface area (Å²) >= 11 is 0. The minimum absolute atomic E-state index is 0.0109. The smallest absolute Gasteiger partial charge is 0.214 e. The SMILES string of the molecule is O=S1(=O)C=CC(Nc2ccnc(F)c2)C1. The van der Waals surface area contributed by atoms with Gasteiger partial charge in [-0.25, -0.2) is 13.4 Å². The number of aromatic nitrogens is 1. The van der Waals surface area contributed by atoms with Gasteiger partial charge in [-0.15, -0.1) is 0 Å². The Balaban J connectivity index is 2.09. The van der Waals surface area contributed by atoms with E-state index in [9.17, 15) is 12.8 Å². The van der Waals surface area contributed by atoms with Crippen LogP contribution in [-0.2, 0) is 9.84 Å². The highest BCUT2D eigenvalue weighted by atomic mass is 32.2. The Morgan fingerprint density at radius 1 is 1.53 bits per heavy atom. The first-order chi connectivity index (χ1) is 7.05. The van der Waals surface area contributed by atoms with Gasteiger partial charge in [-0.3, -0.25) is 0 Å². The Morgan fingerprint density at radius 3 is 2.93 bits per heavy atom. The largest absolute Gasteiger partial charge is 0.378 e. The molecule has 1 aromatic heterocycles. The van der Waals surface area contributed by atoms with Crippen LogP contribution in [0.3, 0.4) is 0 Å². The number of rotatable bonds is 2. The van der Waals surface area contributed by atoms with Gasteiger partial charge < -0.3 is 5.32 Å². The van der Waals surface area contributed by atoms with E-state index in [-0.39, 0.29) is 11.8 Å². The molecule has 4 nitrogen and oxygen atoms in total. The van der Waals surface area contributed by atoms with Gasteiger partial charge >= 0.3 is 0 Å². The van der Waals surface area contributed by atoms with E-state index in [1.807, 2.05) is 0 Å². The second kappa shape index (κ2) is 3.62. The average Bonchev–Trinajstić information content (AvgIpc) is 2.45. The predicted molar refractivity (Wildman–Crippen MR) is 54.5 cm³/mol. The van der Waals surface area contributed by atoms with Gasteiger partial charge in [0.1, 0.15) is 0 Å². The molecule has 0 saturated carbocycles. The van der Waals surface area contributed by atoms with Crippen molar-refractivity contribution in [2.75, 3.05) is 11.1 Å². The summed E-state index contributed by atoms with van der Waals surface area (Å²) in [6, 6.07) is 2.51. The maximum absolute atomic E-state index is 12.7. The summed E-state index contributed by atoms with van der Waals surface area (Å²) in [5, 5.41) is 4.06. The minimum Gasteiger partial charge on any atom is -0.378 e. The fourth-order valence-corrected chi connectivity index (χ4v) is 2.61. The maximum Gasteiger partial charge on any atom is 0.214 e. The lowest BCUT2D eigenvalue weighted by atomic mass is 10.3. The Hall–Kier alpha value is -1.43. The molecule has 1 N–H and O–H groups in total. The number of hydrogen-bond acceptors (Lipinski definition) is 4. The summed E-state index contributed by atoms with van der Waals surface area (Å²) in [4.78, 5) is 3.40. The number of sulfone groups is 1. The van der Waals surface area contributed by atoms with Crippen molar-refractivity contribution >= 4 is 15.5 Å². The number of halogens is 1. The van der Waals surface area contributed by atoms with Crippen molar-refractivity contribution < 1.29 is 12.8 Å². The molecule has 2 heterocycles. The van der Waals surface area contributed by atoms with E-state index in [1.165, 1.54) is 17.7 Å². The van der Waals surface area contributed by atoms with Crippen LogP contribution in [-0.4, -0.2) is 25.2 Å². The molecule has 1 aliphatic rings. The highest BCUT2D eigenvalue weighted by Gasteiger charge is 2.21. The Bertz CT molecular complexity index is 499. The quantitative estimate of drug-likeness (QED) is 0.765. The molecule has 0 bridgehead atoms. The lowest BCUT2D eigenvalue weighted by Gasteiger charge is -2.10. The van der Waals surface area contributed by atoms with Crippen molar-refractivity contribution in [3.05, 3.63) is 35.8 Å². The summed E-state index contributed by atoms with van der Waals surface area (Å²) in [6.45, 7) is 0. The molecular weight excluding hydrogens is 219 g/mol. The molecule has 0 aromatic carbocycles. The lowest BCUT2D eigenvalue weighted by Crippen LogP contribution is -2.20. The third-order valence-electron chi connectivity index (χ3n) is 2.01. The number of nitrogens with zero attached hydrogens (tertiary/aromatic N) is 1. The summed E-state index contributed by atoms with van der Waals surface area (Å²) in [7, 11) is -3.08. The molecule has 0 spiro atoms.